The summed E-state index contributed by atoms with van der Waals surface area (Å²) in [7, 11) is 0. The molecule has 7 heteroatoms. The molecule has 2 aromatic rings. The van der Waals surface area contributed by atoms with Crippen LogP contribution in [0.25, 0.3) is 0 Å². The number of alkyl halides is 1. The van der Waals surface area contributed by atoms with Crippen LogP contribution >= 0.6 is 34.8 Å². The molecule has 0 saturated carbocycles. The Balaban J connectivity index is 2.21. The number of hydrogen-bond acceptors (Lipinski definition) is 3. The van der Waals surface area contributed by atoms with Crippen molar-refractivity contribution in [1.29, 1.82) is 0 Å². The van der Waals surface area contributed by atoms with Crippen molar-refractivity contribution in [3.05, 3.63) is 67.7 Å². The average molecular weight is 347 g/mol. The fourth-order valence-electron chi connectivity index (χ4n) is 1.71. The van der Waals surface area contributed by atoms with Gasteiger partial charge in [0.2, 0.25) is 0 Å². The lowest BCUT2D eigenvalue weighted by molar-refractivity contribution is -0.386. The summed E-state index contributed by atoms with van der Waals surface area (Å²) in [6.07, 6.45) is 0. The number of hydrogen-bond donors (Lipinski definition) is 0. The Morgan fingerprint density at radius 2 is 1.90 bits per heavy atom. The third-order valence-corrected chi connectivity index (χ3v) is 3.67. The second-order valence-corrected chi connectivity index (χ2v) is 5.33. The molecule has 21 heavy (non-hydrogen) atoms. The summed E-state index contributed by atoms with van der Waals surface area (Å²) < 4.78 is 5.49. The van der Waals surface area contributed by atoms with Crippen molar-refractivity contribution < 1.29 is 9.66 Å². The summed E-state index contributed by atoms with van der Waals surface area (Å²) in [6.45, 7) is 0.108. The quantitative estimate of drug-likeness (QED) is 0.424. The largest absolute Gasteiger partial charge is 0.482 e. The SMILES string of the molecule is O=[N+]([O-])c1cc(CCl)ccc1OCc1ccc(Cl)cc1Cl. The van der Waals surface area contributed by atoms with Crippen molar-refractivity contribution in [2.45, 2.75) is 12.5 Å². The van der Waals surface area contributed by atoms with E-state index in [-0.39, 0.29) is 23.9 Å². The fourth-order valence-corrected chi connectivity index (χ4v) is 2.33. The number of rotatable bonds is 5. The summed E-state index contributed by atoms with van der Waals surface area (Å²) in [6, 6.07) is 9.58. The van der Waals surface area contributed by atoms with Crippen LogP contribution in [0.5, 0.6) is 5.75 Å². The van der Waals surface area contributed by atoms with Crippen LogP contribution in [0.2, 0.25) is 10.0 Å². The number of nitro groups is 1. The maximum atomic E-state index is 11.1. The Labute approximate surface area is 136 Å². The van der Waals surface area contributed by atoms with Gasteiger partial charge in [0.05, 0.1) is 4.92 Å². The minimum Gasteiger partial charge on any atom is -0.482 e. The van der Waals surface area contributed by atoms with Crippen molar-refractivity contribution in [3.8, 4) is 5.75 Å². The van der Waals surface area contributed by atoms with E-state index in [9.17, 15) is 10.1 Å². The summed E-state index contributed by atoms with van der Waals surface area (Å²) in [5.74, 6) is 0.365. The molecule has 0 spiro atoms. The first kappa shape index (κ1) is 15.9. The zero-order valence-electron chi connectivity index (χ0n) is 10.7. The van der Waals surface area contributed by atoms with E-state index in [1.807, 2.05) is 0 Å². The normalized spacial score (nSPS) is 10.4. The molecule has 0 radical (unpaired) electrons. The molecule has 0 fully saturated rings. The van der Waals surface area contributed by atoms with Gasteiger partial charge in [-0.3, -0.25) is 10.1 Å². The summed E-state index contributed by atoms with van der Waals surface area (Å²) in [4.78, 5) is 10.5. The number of halogens is 3. The van der Waals surface area contributed by atoms with Gasteiger partial charge in [-0.2, -0.15) is 0 Å². The number of ether oxygens (including phenoxy) is 1. The van der Waals surface area contributed by atoms with Crippen LogP contribution in [0, 0.1) is 10.1 Å². The van der Waals surface area contributed by atoms with Crippen molar-refractivity contribution in [1.82, 2.24) is 0 Å². The second kappa shape index (κ2) is 6.98. The highest BCUT2D eigenvalue weighted by Gasteiger charge is 2.16. The van der Waals surface area contributed by atoms with Crippen LogP contribution in [0.1, 0.15) is 11.1 Å². The lowest BCUT2D eigenvalue weighted by atomic mass is 10.2. The van der Waals surface area contributed by atoms with Crippen LogP contribution in [0.15, 0.2) is 36.4 Å². The highest BCUT2D eigenvalue weighted by molar-refractivity contribution is 6.35. The molecule has 0 aliphatic carbocycles. The van der Waals surface area contributed by atoms with Crippen LogP contribution in [0.4, 0.5) is 5.69 Å². The summed E-state index contributed by atoms with van der Waals surface area (Å²) in [5, 5.41) is 12.0. The van der Waals surface area contributed by atoms with Crippen LogP contribution < -0.4 is 4.74 Å². The molecule has 2 rings (SSSR count). The third kappa shape index (κ3) is 4.00. The molecular formula is C14H10Cl3NO3. The van der Waals surface area contributed by atoms with Crippen molar-refractivity contribution >= 4 is 40.5 Å². The Morgan fingerprint density at radius 3 is 2.52 bits per heavy atom. The lowest BCUT2D eigenvalue weighted by Crippen LogP contribution is -2.00. The second-order valence-electron chi connectivity index (χ2n) is 4.22. The van der Waals surface area contributed by atoms with Gasteiger partial charge in [0, 0.05) is 27.6 Å². The van der Waals surface area contributed by atoms with E-state index in [0.29, 0.717) is 21.2 Å². The number of nitrogens with zero attached hydrogens (tertiary/aromatic N) is 1. The summed E-state index contributed by atoms with van der Waals surface area (Å²) in [5.41, 5.74) is 1.22. The molecule has 0 amide bonds. The van der Waals surface area contributed by atoms with E-state index in [1.54, 1.807) is 24.3 Å². The molecule has 0 aliphatic heterocycles. The first-order valence-electron chi connectivity index (χ1n) is 5.91. The topological polar surface area (TPSA) is 52.4 Å². The van der Waals surface area contributed by atoms with Gasteiger partial charge in [0.15, 0.2) is 5.75 Å². The Kier molecular flexibility index (Phi) is 5.28. The number of benzene rings is 2. The molecule has 0 saturated heterocycles. The van der Waals surface area contributed by atoms with E-state index in [1.165, 1.54) is 12.1 Å². The van der Waals surface area contributed by atoms with Gasteiger partial charge in [-0.1, -0.05) is 35.3 Å². The van der Waals surface area contributed by atoms with E-state index >= 15 is 0 Å². The highest BCUT2D eigenvalue weighted by Crippen LogP contribution is 2.30. The van der Waals surface area contributed by atoms with E-state index < -0.39 is 4.92 Å². The van der Waals surface area contributed by atoms with Gasteiger partial charge in [-0.15, -0.1) is 11.6 Å². The standard InChI is InChI=1S/C14H10Cl3NO3/c15-7-9-1-4-14(13(5-9)18(19)20)21-8-10-2-3-11(16)6-12(10)17/h1-6H,7-8H2. The predicted molar refractivity (Wildman–Crippen MR) is 83.4 cm³/mol. The fraction of sp³-hybridized carbons (Fsp3) is 0.143. The zero-order valence-corrected chi connectivity index (χ0v) is 13.0. The van der Waals surface area contributed by atoms with Gasteiger partial charge in [0.25, 0.3) is 0 Å². The summed E-state index contributed by atoms with van der Waals surface area (Å²) >= 11 is 17.5. The van der Waals surface area contributed by atoms with Gasteiger partial charge >= 0.3 is 5.69 Å². The first-order valence-corrected chi connectivity index (χ1v) is 7.20. The van der Waals surface area contributed by atoms with Gasteiger partial charge in [0.1, 0.15) is 6.61 Å². The molecule has 110 valence electrons. The van der Waals surface area contributed by atoms with Crippen LogP contribution in [-0.2, 0) is 12.5 Å². The maximum absolute atomic E-state index is 11.1. The lowest BCUT2D eigenvalue weighted by Gasteiger charge is -2.09. The first-order chi connectivity index (χ1) is 10.0. The molecule has 0 N–H and O–H groups in total. The van der Waals surface area contributed by atoms with Crippen molar-refractivity contribution in [3.63, 3.8) is 0 Å². The molecule has 0 aliphatic rings. The van der Waals surface area contributed by atoms with Gasteiger partial charge in [-0.25, -0.2) is 0 Å². The van der Waals surface area contributed by atoms with Crippen LogP contribution in [-0.4, -0.2) is 4.92 Å². The minimum absolute atomic E-state index is 0.108. The van der Waals surface area contributed by atoms with E-state index in [4.69, 9.17) is 39.5 Å². The molecule has 0 heterocycles. The number of nitro benzene ring substituents is 1. The van der Waals surface area contributed by atoms with Gasteiger partial charge in [-0.05, 0) is 23.8 Å². The molecule has 0 atom stereocenters. The van der Waals surface area contributed by atoms with Crippen molar-refractivity contribution in [2.75, 3.05) is 0 Å². The molecule has 4 nitrogen and oxygen atoms in total. The molecule has 0 aromatic heterocycles. The molecule has 0 bridgehead atoms. The Hall–Kier alpha value is -1.49. The maximum Gasteiger partial charge on any atom is 0.311 e. The minimum atomic E-state index is -0.505. The van der Waals surface area contributed by atoms with E-state index in [2.05, 4.69) is 0 Å². The smallest absolute Gasteiger partial charge is 0.311 e. The highest BCUT2D eigenvalue weighted by atomic mass is 35.5. The average Bonchev–Trinajstić information content (AvgIpc) is 2.46. The zero-order chi connectivity index (χ0) is 15.4. The monoisotopic (exact) mass is 345 g/mol. The Morgan fingerprint density at radius 1 is 1.14 bits per heavy atom. The van der Waals surface area contributed by atoms with Crippen molar-refractivity contribution in [2.24, 2.45) is 0 Å². The van der Waals surface area contributed by atoms with Crippen LogP contribution in [0.3, 0.4) is 0 Å². The van der Waals surface area contributed by atoms with E-state index in [0.717, 1.165) is 0 Å². The predicted octanol–water partition coefficient (Wildman–Crippen LogP) is 5.22. The molecule has 2 aromatic carbocycles. The third-order valence-electron chi connectivity index (χ3n) is 2.77. The molecule has 0 unspecified atom stereocenters. The van der Waals surface area contributed by atoms with Gasteiger partial charge < -0.3 is 4.74 Å². The molecular weight excluding hydrogens is 337 g/mol. The Bertz CT molecular complexity index is 677.